The molecule has 0 unspecified atom stereocenters. The molecule has 3 heterocycles. The van der Waals surface area contributed by atoms with E-state index in [1.807, 2.05) is 24.3 Å². The number of fused-ring (bicyclic) bond motifs is 3. The lowest BCUT2D eigenvalue weighted by Crippen LogP contribution is -2.03. The highest BCUT2D eigenvalue weighted by atomic mass is 35.5. The van der Waals surface area contributed by atoms with Crippen LogP contribution in [0, 0.1) is 0 Å². The van der Waals surface area contributed by atoms with Crippen molar-refractivity contribution in [2.75, 3.05) is 18.1 Å². The van der Waals surface area contributed by atoms with Crippen molar-refractivity contribution in [3.8, 4) is 0 Å². The number of hydrogen-bond donors (Lipinski definition) is 1. The van der Waals surface area contributed by atoms with Gasteiger partial charge in [-0.05, 0) is 24.3 Å². The summed E-state index contributed by atoms with van der Waals surface area (Å²) >= 11 is 9.28. The van der Waals surface area contributed by atoms with Gasteiger partial charge in [-0.2, -0.15) is 0 Å². The number of benzene rings is 1. The number of H-pyrrole nitrogens is 1. The van der Waals surface area contributed by atoms with Crippen molar-refractivity contribution in [2.45, 2.75) is 0 Å². The number of nitrogens with one attached hydrogen (secondary N) is 1. The van der Waals surface area contributed by atoms with Crippen LogP contribution in [0.4, 0.5) is 0 Å². The number of nitrogens with zero attached hydrogens (tertiary/aromatic N) is 2. The Balaban J connectivity index is 1.65. The molecule has 0 bridgehead atoms. The number of ketones is 1. The summed E-state index contributed by atoms with van der Waals surface area (Å²) < 4.78 is 1.02. The van der Waals surface area contributed by atoms with E-state index < -0.39 is 0 Å². The number of aliphatic imine (C=N–C) groups is 1. The Bertz CT molecular complexity index is 951. The monoisotopic (exact) mass is 361 g/mol. The van der Waals surface area contributed by atoms with Crippen molar-refractivity contribution in [2.24, 2.45) is 4.99 Å². The molecule has 0 spiro atoms. The zero-order chi connectivity index (χ0) is 15.8. The van der Waals surface area contributed by atoms with E-state index in [0.29, 0.717) is 16.3 Å². The first-order valence-corrected chi connectivity index (χ1v) is 9.46. The number of carbonyl (C=O) groups is 1. The molecule has 7 heteroatoms. The van der Waals surface area contributed by atoms with Crippen molar-refractivity contribution >= 4 is 67.2 Å². The Hall–Kier alpha value is -1.50. The lowest BCUT2D eigenvalue weighted by Gasteiger charge is -2.01. The van der Waals surface area contributed by atoms with Crippen LogP contribution in [-0.2, 0) is 0 Å². The summed E-state index contributed by atoms with van der Waals surface area (Å²) in [5.74, 6) is 1.54. The van der Waals surface area contributed by atoms with Crippen molar-refractivity contribution < 1.29 is 4.79 Å². The predicted molar refractivity (Wildman–Crippen MR) is 100 cm³/mol. The van der Waals surface area contributed by atoms with Gasteiger partial charge in [0.1, 0.15) is 10.0 Å². The molecule has 1 aromatic carbocycles. The highest BCUT2D eigenvalue weighted by Crippen LogP contribution is 2.28. The average Bonchev–Trinajstić information content (AvgIpc) is 3.19. The minimum atomic E-state index is 0.108. The minimum absolute atomic E-state index is 0.108. The van der Waals surface area contributed by atoms with Crippen LogP contribution in [0.15, 0.2) is 35.5 Å². The molecule has 23 heavy (non-hydrogen) atoms. The Morgan fingerprint density at radius 1 is 1.35 bits per heavy atom. The fourth-order valence-corrected chi connectivity index (χ4v) is 4.60. The molecule has 4 nitrogen and oxygen atoms in total. The summed E-state index contributed by atoms with van der Waals surface area (Å²) in [5.41, 5.74) is 2.43. The first-order chi connectivity index (χ1) is 11.2. The average molecular weight is 362 g/mol. The number of Topliss-reactive ketones (excluding diaryl/α,β-unsaturated/α-hetero) is 1. The maximum atomic E-state index is 12.4. The van der Waals surface area contributed by atoms with Gasteiger partial charge in [0.15, 0.2) is 5.78 Å². The molecule has 0 fully saturated rings. The van der Waals surface area contributed by atoms with Crippen LogP contribution in [0.3, 0.4) is 0 Å². The smallest absolute Gasteiger partial charge is 0.173 e. The number of carbonyl (C=O) groups excluding carboxylic acids is 1. The molecule has 3 aromatic rings. The first kappa shape index (κ1) is 15.1. The maximum Gasteiger partial charge on any atom is 0.173 e. The largest absolute Gasteiger partial charge is 0.339 e. The molecular formula is C16H12ClN3OS2. The predicted octanol–water partition coefficient (Wildman–Crippen LogP) is 4.39. The van der Waals surface area contributed by atoms with Crippen LogP contribution in [0.1, 0.15) is 10.4 Å². The minimum Gasteiger partial charge on any atom is -0.339 e. The van der Waals surface area contributed by atoms with Crippen molar-refractivity contribution in [3.63, 3.8) is 0 Å². The Morgan fingerprint density at radius 2 is 2.26 bits per heavy atom. The maximum absolute atomic E-state index is 12.4. The van der Waals surface area contributed by atoms with E-state index in [1.54, 1.807) is 18.0 Å². The molecule has 1 aliphatic heterocycles. The molecule has 0 radical (unpaired) electrons. The van der Waals surface area contributed by atoms with Crippen LogP contribution < -0.4 is 0 Å². The van der Waals surface area contributed by atoms with Crippen LogP contribution >= 0.6 is 35.1 Å². The zero-order valence-corrected chi connectivity index (χ0v) is 14.4. The van der Waals surface area contributed by atoms with E-state index in [4.69, 9.17) is 11.6 Å². The topological polar surface area (TPSA) is 58.1 Å². The van der Waals surface area contributed by atoms with Crippen molar-refractivity contribution in [3.05, 3.63) is 41.0 Å². The van der Waals surface area contributed by atoms with Crippen LogP contribution in [0.5, 0.6) is 0 Å². The van der Waals surface area contributed by atoms with Gasteiger partial charge in [0.2, 0.25) is 0 Å². The number of hydrogen-bond acceptors (Lipinski definition) is 5. The van der Waals surface area contributed by atoms with E-state index in [0.717, 1.165) is 38.6 Å². The third kappa shape index (κ3) is 2.98. The third-order valence-corrected chi connectivity index (χ3v) is 6.08. The van der Waals surface area contributed by atoms with Crippen LogP contribution in [-0.4, -0.2) is 38.2 Å². The Kier molecular flexibility index (Phi) is 4.05. The quantitative estimate of drug-likeness (QED) is 0.703. The molecule has 116 valence electrons. The second-order valence-corrected chi connectivity index (χ2v) is 7.89. The molecule has 4 rings (SSSR count). The standard InChI is InChI=1S/C16H12ClN3OS2/c17-10-6-12-11-5-9(1-2-13(11)20-15(12)19-7-10)14(21)8-23-16-18-3-4-22-16/h1-2,5-7H,3-4,8H2,(H,19,20). The van der Waals surface area contributed by atoms with Gasteiger partial charge in [0.25, 0.3) is 0 Å². The van der Waals surface area contributed by atoms with Gasteiger partial charge in [-0.25, -0.2) is 4.98 Å². The number of halogens is 1. The van der Waals surface area contributed by atoms with E-state index >= 15 is 0 Å². The van der Waals surface area contributed by atoms with Gasteiger partial charge in [0, 0.05) is 33.8 Å². The summed E-state index contributed by atoms with van der Waals surface area (Å²) in [6.07, 6.45) is 1.61. The van der Waals surface area contributed by atoms with Crippen LogP contribution in [0.2, 0.25) is 5.02 Å². The second-order valence-electron chi connectivity index (χ2n) is 5.14. The summed E-state index contributed by atoms with van der Waals surface area (Å²) in [7, 11) is 0. The number of aromatic amines is 1. The fourth-order valence-electron chi connectivity index (χ4n) is 2.53. The molecule has 0 saturated heterocycles. The summed E-state index contributed by atoms with van der Waals surface area (Å²) in [6.45, 7) is 0.857. The number of pyridine rings is 1. The van der Waals surface area contributed by atoms with Gasteiger partial charge in [-0.1, -0.05) is 35.1 Å². The molecule has 0 atom stereocenters. The second kappa shape index (κ2) is 6.19. The van der Waals surface area contributed by atoms with E-state index in [9.17, 15) is 4.79 Å². The SMILES string of the molecule is O=C(CSC1=NCCS1)c1ccc2[nH]c3ncc(Cl)cc3c2c1. The van der Waals surface area contributed by atoms with E-state index in [-0.39, 0.29) is 5.78 Å². The van der Waals surface area contributed by atoms with Crippen LogP contribution in [0.25, 0.3) is 21.9 Å². The van der Waals surface area contributed by atoms with Gasteiger partial charge in [0.05, 0.1) is 17.3 Å². The zero-order valence-electron chi connectivity index (χ0n) is 12.0. The highest BCUT2D eigenvalue weighted by molar-refractivity contribution is 8.39. The number of thioether (sulfide) groups is 2. The Morgan fingerprint density at radius 3 is 3.09 bits per heavy atom. The summed E-state index contributed by atoms with van der Waals surface area (Å²) in [5, 5.41) is 2.49. The Labute approximate surface area is 146 Å². The lowest BCUT2D eigenvalue weighted by molar-refractivity contribution is 0.102. The van der Waals surface area contributed by atoms with Gasteiger partial charge >= 0.3 is 0 Å². The van der Waals surface area contributed by atoms with Gasteiger partial charge in [-0.15, -0.1) is 0 Å². The molecular weight excluding hydrogens is 350 g/mol. The summed E-state index contributed by atoms with van der Waals surface area (Å²) in [6, 6.07) is 7.56. The molecule has 0 aliphatic carbocycles. The molecule has 1 aliphatic rings. The normalized spacial score (nSPS) is 14.6. The van der Waals surface area contributed by atoms with Gasteiger partial charge < -0.3 is 4.98 Å². The molecule has 0 amide bonds. The van der Waals surface area contributed by atoms with E-state index in [2.05, 4.69) is 15.0 Å². The molecule has 0 saturated carbocycles. The molecule has 1 N–H and O–H groups in total. The van der Waals surface area contributed by atoms with Gasteiger partial charge in [-0.3, -0.25) is 9.79 Å². The third-order valence-electron chi connectivity index (χ3n) is 3.62. The fraction of sp³-hybridized carbons (Fsp3) is 0.188. The first-order valence-electron chi connectivity index (χ1n) is 7.11. The van der Waals surface area contributed by atoms with Crippen molar-refractivity contribution in [1.29, 1.82) is 0 Å². The lowest BCUT2D eigenvalue weighted by atomic mass is 10.1. The van der Waals surface area contributed by atoms with Crippen molar-refractivity contribution in [1.82, 2.24) is 9.97 Å². The number of aromatic nitrogens is 2. The highest BCUT2D eigenvalue weighted by Gasteiger charge is 2.14. The molecule has 2 aromatic heterocycles. The summed E-state index contributed by atoms with van der Waals surface area (Å²) in [4.78, 5) is 24.3. The number of rotatable bonds is 3. The van der Waals surface area contributed by atoms with E-state index in [1.165, 1.54) is 11.8 Å².